The molecule has 0 saturated carbocycles. The number of rotatable bonds is 11. The Kier molecular flexibility index (Phi) is 9.49. The number of nitrogens with one attached hydrogen (secondary N) is 3. The zero-order chi connectivity index (χ0) is 27.6. The number of carbonyl (C=O) groups is 1. The molecule has 4 rings (SSSR count). The van der Waals surface area contributed by atoms with Gasteiger partial charge in [-0.3, -0.25) is 15.1 Å². The summed E-state index contributed by atoms with van der Waals surface area (Å²) in [6, 6.07) is 13.1. The molecule has 2 heterocycles. The lowest BCUT2D eigenvalue weighted by Crippen LogP contribution is -2.28. The number of ether oxygens (including phenoxy) is 3. The minimum atomic E-state index is -0.326. The first-order chi connectivity index (χ1) is 19.0. The van der Waals surface area contributed by atoms with Crippen LogP contribution < -0.4 is 20.7 Å². The van der Waals surface area contributed by atoms with E-state index in [0.717, 1.165) is 12.1 Å². The van der Waals surface area contributed by atoms with Gasteiger partial charge in [-0.05, 0) is 38.1 Å². The van der Waals surface area contributed by atoms with Crippen LogP contribution in [0.4, 0.5) is 17.1 Å². The largest absolute Gasteiger partial charge is 0.486 e. The number of terminal acetylenes is 1. The molecule has 1 aliphatic rings. The fourth-order valence-electron chi connectivity index (χ4n) is 4.13. The predicted octanol–water partition coefficient (Wildman–Crippen LogP) is 4.47. The van der Waals surface area contributed by atoms with Crippen molar-refractivity contribution in [1.82, 2.24) is 10.3 Å². The summed E-state index contributed by atoms with van der Waals surface area (Å²) in [5.74, 6) is 2.76. The number of carbonyl (C=O) groups excluding carboxylic acids is 1. The van der Waals surface area contributed by atoms with Crippen LogP contribution >= 0.6 is 0 Å². The minimum Gasteiger partial charge on any atom is -0.486 e. The average molecular weight is 526 g/mol. The van der Waals surface area contributed by atoms with E-state index in [-0.39, 0.29) is 18.2 Å². The molecule has 9 nitrogen and oxygen atoms in total. The maximum absolute atomic E-state index is 12.8. The van der Waals surface area contributed by atoms with E-state index in [2.05, 4.69) is 32.9 Å². The van der Waals surface area contributed by atoms with E-state index < -0.39 is 0 Å². The first-order valence-corrected chi connectivity index (χ1v) is 12.8. The van der Waals surface area contributed by atoms with E-state index in [9.17, 15) is 10.1 Å². The van der Waals surface area contributed by atoms with Crippen LogP contribution in [0.25, 0.3) is 10.9 Å². The molecule has 3 aromatic rings. The third-order valence-electron chi connectivity index (χ3n) is 6.04. The first-order valence-electron chi connectivity index (χ1n) is 12.8. The molecule has 2 atom stereocenters. The summed E-state index contributed by atoms with van der Waals surface area (Å²) in [4.78, 5) is 17.3. The van der Waals surface area contributed by atoms with Crippen molar-refractivity contribution in [1.29, 1.82) is 5.26 Å². The van der Waals surface area contributed by atoms with Gasteiger partial charge >= 0.3 is 0 Å². The number of hydrogen-bond acceptors (Lipinski definition) is 8. The molecule has 9 heteroatoms. The molecule has 0 spiro atoms. The average Bonchev–Trinajstić information content (AvgIpc) is 3.45. The summed E-state index contributed by atoms with van der Waals surface area (Å²) in [5, 5.41) is 19.8. The molecule has 0 aliphatic carbocycles. The van der Waals surface area contributed by atoms with Crippen LogP contribution in [0, 0.1) is 23.7 Å². The van der Waals surface area contributed by atoms with Gasteiger partial charge < -0.3 is 24.8 Å². The van der Waals surface area contributed by atoms with Gasteiger partial charge in [0.05, 0.1) is 35.7 Å². The van der Waals surface area contributed by atoms with E-state index in [4.69, 9.17) is 20.6 Å². The molecule has 0 radical (unpaired) electrons. The third kappa shape index (κ3) is 7.34. The second-order valence-electron chi connectivity index (χ2n) is 8.88. The number of amides is 1. The molecule has 1 saturated heterocycles. The Morgan fingerprint density at radius 2 is 2.23 bits per heavy atom. The molecule has 2 aromatic carbocycles. The van der Waals surface area contributed by atoms with Crippen LogP contribution in [0.2, 0.25) is 0 Å². The van der Waals surface area contributed by atoms with Crippen molar-refractivity contribution in [3.8, 4) is 24.2 Å². The molecule has 3 N–H and O–H groups in total. The van der Waals surface area contributed by atoms with E-state index in [1.54, 1.807) is 18.2 Å². The second kappa shape index (κ2) is 13.4. The Labute approximate surface area is 228 Å². The van der Waals surface area contributed by atoms with Crippen LogP contribution in [0.3, 0.4) is 0 Å². The number of nitriles is 1. The third-order valence-corrected chi connectivity index (χ3v) is 6.04. The van der Waals surface area contributed by atoms with Crippen molar-refractivity contribution in [2.45, 2.75) is 32.6 Å². The molecule has 0 bridgehead atoms. The predicted molar refractivity (Wildman–Crippen MR) is 151 cm³/mol. The Balaban J connectivity index is 1.67. The molecular formula is C30H31N5O4. The van der Waals surface area contributed by atoms with Gasteiger partial charge in [-0.1, -0.05) is 18.1 Å². The lowest BCUT2D eigenvalue weighted by atomic mass is 10.1. The second-order valence-corrected chi connectivity index (χ2v) is 8.88. The SMILES string of the molecule is C#Cc1cccc(Nc2c(C#N)cnc3cc(OC4CCOC4)c(NC(=O)/C=C/CNC(C)OCC)cc23)c1. The fraction of sp³-hybridized carbons (Fsp3) is 0.300. The number of benzene rings is 2. The minimum absolute atomic E-state index is 0.120. The number of anilines is 3. The summed E-state index contributed by atoms with van der Waals surface area (Å²) >= 11 is 0. The van der Waals surface area contributed by atoms with Crippen LogP contribution in [0.15, 0.2) is 54.7 Å². The molecule has 2 unspecified atom stereocenters. The number of hydrogen-bond donors (Lipinski definition) is 3. The van der Waals surface area contributed by atoms with Gasteiger partial charge in [-0.2, -0.15) is 5.26 Å². The van der Waals surface area contributed by atoms with Crippen molar-refractivity contribution in [2.24, 2.45) is 0 Å². The maximum atomic E-state index is 12.8. The maximum Gasteiger partial charge on any atom is 0.248 e. The van der Waals surface area contributed by atoms with Gasteiger partial charge in [0.1, 0.15) is 24.2 Å². The van der Waals surface area contributed by atoms with Crippen molar-refractivity contribution >= 4 is 33.9 Å². The van der Waals surface area contributed by atoms with E-state index in [1.807, 2.05) is 38.1 Å². The van der Waals surface area contributed by atoms with E-state index in [1.165, 1.54) is 12.3 Å². The van der Waals surface area contributed by atoms with Gasteiger partial charge in [0.25, 0.3) is 0 Å². The quantitative estimate of drug-likeness (QED) is 0.191. The normalized spacial score (nSPS) is 15.5. The molecule has 1 fully saturated rings. The van der Waals surface area contributed by atoms with E-state index in [0.29, 0.717) is 65.5 Å². The summed E-state index contributed by atoms with van der Waals surface area (Å²) in [5.41, 5.74) is 3.38. The zero-order valence-corrected chi connectivity index (χ0v) is 22.0. The highest BCUT2D eigenvalue weighted by molar-refractivity contribution is 6.04. The van der Waals surface area contributed by atoms with Gasteiger partial charge in [0.15, 0.2) is 0 Å². The Bertz CT molecular complexity index is 1430. The monoisotopic (exact) mass is 525 g/mol. The number of pyridine rings is 1. The fourth-order valence-corrected chi connectivity index (χ4v) is 4.13. The summed E-state index contributed by atoms with van der Waals surface area (Å²) in [6.07, 6.45) is 10.7. The smallest absolute Gasteiger partial charge is 0.248 e. The molecule has 1 amide bonds. The molecule has 1 aromatic heterocycles. The molecule has 39 heavy (non-hydrogen) atoms. The van der Waals surface area contributed by atoms with Crippen LogP contribution in [0.1, 0.15) is 31.4 Å². The Morgan fingerprint density at radius 3 is 2.97 bits per heavy atom. The Morgan fingerprint density at radius 1 is 1.36 bits per heavy atom. The lowest BCUT2D eigenvalue weighted by Gasteiger charge is -2.18. The molecule has 1 aliphatic heterocycles. The standard InChI is InChI=1S/C30H31N5O4/c1-4-21-8-6-9-23(14-21)34-30-22(17-31)18-33-26-16-28(39-24-11-13-37-19-24)27(15-25(26)30)35-29(36)10-7-12-32-20(3)38-5-2/h1,6-10,14-16,18,20,24,32H,5,11-13,19H2,2-3H3,(H,33,34)(H,35,36)/b10-7+. The highest BCUT2D eigenvalue weighted by Crippen LogP contribution is 2.37. The van der Waals surface area contributed by atoms with Crippen LogP contribution in [-0.2, 0) is 14.3 Å². The number of nitrogens with zero attached hydrogens (tertiary/aromatic N) is 2. The summed E-state index contributed by atoms with van der Waals surface area (Å²) in [6.45, 7) is 5.98. The summed E-state index contributed by atoms with van der Waals surface area (Å²) < 4.78 is 17.1. The summed E-state index contributed by atoms with van der Waals surface area (Å²) in [7, 11) is 0. The zero-order valence-electron chi connectivity index (χ0n) is 22.0. The van der Waals surface area contributed by atoms with Crippen molar-refractivity contribution in [2.75, 3.05) is 37.0 Å². The van der Waals surface area contributed by atoms with Crippen LogP contribution in [-0.4, -0.2) is 49.6 Å². The van der Waals surface area contributed by atoms with Crippen LogP contribution in [0.5, 0.6) is 5.75 Å². The van der Waals surface area contributed by atoms with Gasteiger partial charge in [-0.25, -0.2) is 0 Å². The number of aromatic nitrogens is 1. The van der Waals surface area contributed by atoms with Gasteiger partial charge in [0.2, 0.25) is 5.91 Å². The van der Waals surface area contributed by atoms with Crippen molar-refractivity contribution in [3.63, 3.8) is 0 Å². The molecule has 200 valence electrons. The molecular weight excluding hydrogens is 494 g/mol. The van der Waals surface area contributed by atoms with E-state index >= 15 is 0 Å². The number of fused-ring (bicyclic) bond motifs is 1. The van der Waals surface area contributed by atoms with Crippen molar-refractivity contribution in [3.05, 3.63) is 65.9 Å². The Hall–Kier alpha value is -4.41. The van der Waals surface area contributed by atoms with Gasteiger partial charge in [-0.15, -0.1) is 6.42 Å². The highest BCUT2D eigenvalue weighted by Gasteiger charge is 2.21. The first kappa shape index (κ1) is 27.6. The lowest BCUT2D eigenvalue weighted by molar-refractivity contribution is -0.111. The highest BCUT2D eigenvalue weighted by atomic mass is 16.5. The van der Waals surface area contributed by atoms with Gasteiger partial charge in [0, 0.05) is 54.5 Å². The topological polar surface area (TPSA) is 118 Å². The van der Waals surface area contributed by atoms with Crippen molar-refractivity contribution < 1.29 is 19.0 Å².